The van der Waals surface area contributed by atoms with Crippen molar-refractivity contribution in [3.05, 3.63) is 17.8 Å². The SMILES string of the molecule is CCNCCc1ncc(C23CC4CC(CC(C4)C2)C3)o1. The first-order valence-corrected chi connectivity index (χ1v) is 8.43. The van der Waals surface area contributed by atoms with Crippen molar-refractivity contribution < 1.29 is 4.42 Å². The fourth-order valence-electron chi connectivity index (χ4n) is 5.46. The number of likely N-dealkylation sites (N-methyl/N-ethyl adjacent to an activating group) is 1. The van der Waals surface area contributed by atoms with Crippen LogP contribution in [0.2, 0.25) is 0 Å². The molecule has 4 aliphatic carbocycles. The van der Waals surface area contributed by atoms with Gasteiger partial charge in [0.1, 0.15) is 5.76 Å². The van der Waals surface area contributed by atoms with Gasteiger partial charge in [0.05, 0.1) is 6.20 Å². The second-order valence-electron chi connectivity index (χ2n) is 7.42. The molecule has 0 radical (unpaired) electrons. The Morgan fingerprint density at radius 3 is 2.45 bits per heavy atom. The fourth-order valence-corrected chi connectivity index (χ4v) is 5.46. The maximum atomic E-state index is 6.16. The van der Waals surface area contributed by atoms with Crippen molar-refractivity contribution in [3.8, 4) is 0 Å². The predicted molar refractivity (Wildman–Crippen MR) is 78.6 cm³/mol. The molecule has 0 spiro atoms. The summed E-state index contributed by atoms with van der Waals surface area (Å²) >= 11 is 0. The van der Waals surface area contributed by atoms with Crippen LogP contribution in [0.25, 0.3) is 0 Å². The van der Waals surface area contributed by atoms with Gasteiger partial charge in [-0.25, -0.2) is 4.98 Å². The Labute approximate surface area is 121 Å². The van der Waals surface area contributed by atoms with Gasteiger partial charge in [-0.05, 0) is 62.8 Å². The molecular formula is C17H26N2O. The van der Waals surface area contributed by atoms with E-state index in [1.807, 2.05) is 0 Å². The number of hydrogen-bond acceptors (Lipinski definition) is 3. The third kappa shape index (κ3) is 2.11. The Hall–Kier alpha value is -0.830. The van der Waals surface area contributed by atoms with E-state index in [-0.39, 0.29) is 0 Å². The molecule has 0 atom stereocenters. The summed E-state index contributed by atoms with van der Waals surface area (Å²) in [5, 5.41) is 3.34. The first-order chi connectivity index (χ1) is 9.77. The van der Waals surface area contributed by atoms with Gasteiger partial charge < -0.3 is 9.73 Å². The van der Waals surface area contributed by atoms with Crippen molar-refractivity contribution in [2.45, 2.75) is 57.3 Å². The molecule has 1 aromatic rings. The highest BCUT2D eigenvalue weighted by Gasteiger charge is 2.53. The zero-order valence-electron chi connectivity index (χ0n) is 12.5. The molecule has 110 valence electrons. The van der Waals surface area contributed by atoms with Crippen LogP contribution in [0.5, 0.6) is 0 Å². The molecule has 0 aromatic carbocycles. The summed E-state index contributed by atoms with van der Waals surface area (Å²) in [7, 11) is 0. The molecule has 3 heteroatoms. The first-order valence-electron chi connectivity index (χ1n) is 8.43. The van der Waals surface area contributed by atoms with Crippen LogP contribution in [-0.4, -0.2) is 18.1 Å². The van der Waals surface area contributed by atoms with Gasteiger partial charge in [0.2, 0.25) is 0 Å². The number of aromatic nitrogens is 1. The minimum atomic E-state index is 0.359. The smallest absolute Gasteiger partial charge is 0.195 e. The second kappa shape index (κ2) is 4.87. The molecule has 4 bridgehead atoms. The van der Waals surface area contributed by atoms with Crippen molar-refractivity contribution in [2.24, 2.45) is 17.8 Å². The molecule has 1 heterocycles. The third-order valence-corrected chi connectivity index (χ3v) is 5.88. The van der Waals surface area contributed by atoms with Crippen molar-refractivity contribution >= 4 is 0 Å². The largest absolute Gasteiger partial charge is 0.445 e. The second-order valence-corrected chi connectivity index (χ2v) is 7.42. The molecule has 4 fully saturated rings. The van der Waals surface area contributed by atoms with Gasteiger partial charge in [0, 0.05) is 18.4 Å². The summed E-state index contributed by atoms with van der Waals surface area (Å²) in [6, 6.07) is 0. The van der Waals surface area contributed by atoms with E-state index in [4.69, 9.17) is 4.42 Å². The summed E-state index contributed by atoms with van der Waals surface area (Å²) in [5.74, 6) is 5.05. The quantitative estimate of drug-likeness (QED) is 0.837. The highest BCUT2D eigenvalue weighted by atomic mass is 16.4. The molecule has 0 amide bonds. The Bertz CT molecular complexity index is 444. The van der Waals surface area contributed by atoms with Gasteiger partial charge >= 0.3 is 0 Å². The van der Waals surface area contributed by atoms with Crippen LogP contribution in [0, 0.1) is 17.8 Å². The van der Waals surface area contributed by atoms with E-state index < -0.39 is 0 Å². The van der Waals surface area contributed by atoms with Crippen LogP contribution in [0.4, 0.5) is 0 Å². The van der Waals surface area contributed by atoms with Crippen LogP contribution in [0.1, 0.15) is 57.1 Å². The van der Waals surface area contributed by atoms with Gasteiger partial charge in [-0.1, -0.05) is 6.92 Å². The van der Waals surface area contributed by atoms with Crippen LogP contribution >= 0.6 is 0 Å². The Balaban J connectivity index is 1.52. The van der Waals surface area contributed by atoms with E-state index in [1.54, 1.807) is 0 Å². The van der Waals surface area contributed by atoms with Gasteiger partial charge in [0.15, 0.2) is 5.89 Å². The van der Waals surface area contributed by atoms with Crippen molar-refractivity contribution in [1.29, 1.82) is 0 Å². The van der Waals surface area contributed by atoms with Crippen molar-refractivity contribution in [3.63, 3.8) is 0 Å². The lowest BCUT2D eigenvalue weighted by Crippen LogP contribution is -2.48. The van der Waals surface area contributed by atoms with Gasteiger partial charge in [-0.3, -0.25) is 0 Å². The van der Waals surface area contributed by atoms with Gasteiger partial charge in [0.25, 0.3) is 0 Å². The molecule has 0 saturated heterocycles. The summed E-state index contributed by atoms with van der Waals surface area (Å²) < 4.78 is 6.16. The monoisotopic (exact) mass is 274 g/mol. The lowest BCUT2D eigenvalue weighted by Gasteiger charge is -2.55. The molecule has 1 N–H and O–H groups in total. The van der Waals surface area contributed by atoms with Crippen LogP contribution in [0.15, 0.2) is 10.6 Å². The molecule has 20 heavy (non-hydrogen) atoms. The zero-order chi connectivity index (χ0) is 13.6. The average molecular weight is 274 g/mol. The molecule has 3 nitrogen and oxygen atoms in total. The summed E-state index contributed by atoms with van der Waals surface area (Å²) in [6.45, 7) is 4.12. The molecule has 4 aliphatic rings. The van der Waals surface area contributed by atoms with E-state index in [0.717, 1.165) is 43.2 Å². The molecular weight excluding hydrogens is 248 g/mol. The number of nitrogens with one attached hydrogen (secondary N) is 1. The highest BCUT2D eigenvalue weighted by Crippen LogP contribution is 2.60. The lowest BCUT2D eigenvalue weighted by atomic mass is 9.49. The minimum absolute atomic E-state index is 0.359. The Morgan fingerprint density at radius 2 is 1.85 bits per heavy atom. The Morgan fingerprint density at radius 1 is 1.20 bits per heavy atom. The molecule has 4 saturated carbocycles. The topological polar surface area (TPSA) is 38.1 Å². The van der Waals surface area contributed by atoms with E-state index in [2.05, 4.69) is 23.4 Å². The van der Waals surface area contributed by atoms with Gasteiger partial charge in [-0.2, -0.15) is 0 Å². The van der Waals surface area contributed by atoms with Crippen molar-refractivity contribution in [1.82, 2.24) is 10.3 Å². The summed E-state index contributed by atoms with van der Waals surface area (Å²) in [5.41, 5.74) is 0.359. The van der Waals surface area contributed by atoms with E-state index in [9.17, 15) is 0 Å². The lowest BCUT2D eigenvalue weighted by molar-refractivity contribution is -0.0155. The number of rotatable bonds is 5. The standard InChI is InChI=1S/C17H26N2O/c1-2-18-4-3-16-19-11-15(20-16)17-8-12-5-13(9-17)7-14(6-12)10-17/h11-14,18H,2-10H2,1H3. The van der Waals surface area contributed by atoms with Crippen molar-refractivity contribution in [2.75, 3.05) is 13.1 Å². The minimum Gasteiger partial charge on any atom is -0.445 e. The van der Waals surface area contributed by atoms with Gasteiger partial charge in [-0.15, -0.1) is 0 Å². The third-order valence-electron chi connectivity index (χ3n) is 5.88. The number of nitrogens with zero attached hydrogens (tertiary/aromatic N) is 1. The van der Waals surface area contributed by atoms with E-state index in [0.29, 0.717) is 5.41 Å². The predicted octanol–water partition coefficient (Wildman–Crippen LogP) is 3.29. The van der Waals surface area contributed by atoms with E-state index in [1.165, 1.54) is 44.3 Å². The zero-order valence-corrected chi connectivity index (χ0v) is 12.5. The van der Waals surface area contributed by atoms with E-state index >= 15 is 0 Å². The molecule has 5 rings (SSSR count). The maximum absolute atomic E-state index is 6.16. The maximum Gasteiger partial charge on any atom is 0.195 e. The Kier molecular flexibility index (Phi) is 3.13. The van der Waals surface area contributed by atoms with Crippen LogP contribution in [0.3, 0.4) is 0 Å². The first kappa shape index (κ1) is 12.9. The average Bonchev–Trinajstić information content (AvgIpc) is 2.87. The fraction of sp³-hybridized carbons (Fsp3) is 0.824. The molecule has 1 aromatic heterocycles. The van der Waals surface area contributed by atoms with Crippen LogP contribution in [-0.2, 0) is 11.8 Å². The summed E-state index contributed by atoms with van der Waals surface area (Å²) in [4.78, 5) is 4.54. The molecule has 0 aliphatic heterocycles. The number of hydrogen-bond donors (Lipinski definition) is 1. The normalized spacial score (nSPS) is 38.5. The van der Waals surface area contributed by atoms with Crippen LogP contribution < -0.4 is 5.32 Å². The molecule has 0 unspecified atom stereocenters. The highest BCUT2D eigenvalue weighted by molar-refractivity contribution is 5.19. The summed E-state index contributed by atoms with van der Waals surface area (Å²) in [6.07, 6.45) is 11.5. The number of oxazole rings is 1.